The monoisotopic (exact) mass is 359 g/mol. The van der Waals surface area contributed by atoms with Gasteiger partial charge in [0.25, 0.3) is 0 Å². The van der Waals surface area contributed by atoms with E-state index in [1.807, 2.05) is 0 Å². The average molecular weight is 359 g/mol. The largest absolute Gasteiger partial charge is 0.481 e. The molecular weight excluding hydrogens is 338 g/mol. The Kier molecular flexibility index (Phi) is 6.78. The molecule has 0 bridgehead atoms. The second-order valence-electron chi connectivity index (χ2n) is 5.70. The zero-order valence-corrected chi connectivity index (χ0v) is 14.3. The van der Waals surface area contributed by atoms with E-state index in [4.69, 9.17) is 4.42 Å². The number of carbonyl (C=O) groups excluding carboxylic acids is 2. The molecule has 0 spiro atoms. The van der Waals surface area contributed by atoms with Crippen LogP contribution in [0.25, 0.3) is 0 Å². The highest BCUT2D eigenvalue weighted by atomic mass is 16.4. The van der Waals surface area contributed by atoms with Crippen LogP contribution in [0.2, 0.25) is 0 Å². The van der Waals surface area contributed by atoms with E-state index >= 15 is 0 Å². The Balaban J connectivity index is 1.86. The lowest BCUT2D eigenvalue weighted by Gasteiger charge is -2.23. The summed E-state index contributed by atoms with van der Waals surface area (Å²) in [4.78, 5) is 35.1. The van der Waals surface area contributed by atoms with Crippen molar-refractivity contribution in [1.82, 2.24) is 16.0 Å². The minimum Gasteiger partial charge on any atom is -0.481 e. The average Bonchev–Trinajstić information content (AvgIpc) is 3.16. The fraction of sp³-hybridized carbons (Fsp3) is 0.278. The van der Waals surface area contributed by atoms with Crippen molar-refractivity contribution in [3.05, 3.63) is 60.1 Å². The predicted molar refractivity (Wildman–Crippen MR) is 93.1 cm³/mol. The molecule has 0 saturated heterocycles. The van der Waals surface area contributed by atoms with Crippen LogP contribution >= 0.6 is 0 Å². The third-order valence-corrected chi connectivity index (χ3v) is 3.78. The van der Waals surface area contributed by atoms with Gasteiger partial charge in [-0.25, -0.2) is 4.79 Å². The van der Waals surface area contributed by atoms with Crippen molar-refractivity contribution in [2.75, 3.05) is 6.54 Å². The van der Waals surface area contributed by atoms with Gasteiger partial charge in [-0.05, 0) is 24.6 Å². The van der Waals surface area contributed by atoms with Crippen LogP contribution in [0.15, 0.2) is 53.1 Å². The SMILES string of the molecule is CC(C(=O)O)C(NC(=O)CNC(=O)NCc1ccco1)c1ccccc1. The van der Waals surface area contributed by atoms with Gasteiger partial charge in [0.15, 0.2) is 0 Å². The molecule has 2 unspecified atom stereocenters. The van der Waals surface area contributed by atoms with E-state index < -0.39 is 29.9 Å². The van der Waals surface area contributed by atoms with Gasteiger partial charge in [0.2, 0.25) is 5.91 Å². The Hall–Kier alpha value is -3.29. The molecule has 1 aromatic carbocycles. The summed E-state index contributed by atoms with van der Waals surface area (Å²) in [6, 6.07) is 11.0. The Morgan fingerprint density at radius 2 is 1.81 bits per heavy atom. The van der Waals surface area contributed by atoms with Crippen LogP contribution in [0, 0.1) is 5.92 Å². The summed E-state index contributed by atoms with van der Waals surface area (Å²) in [7, 11) is 0. The topological polar surface area (TPSA) is 121 Å². The van der Waals surface area contributed by atoms with E-state index in [2.05, 4.69) is 16.0 Å². The first-order valence-corrected chi connectivity index (χ1v) is 8.08. The van der Waals surface area contributed by atoms with Gasteiger partial charge < -0.3 is 25.5 Å². The van der Waals surface area contributed by atoms with Gasteiger partial charge >= 0.3 is 12.0 Å². The third kappa shape index (κ3) is 5.66. The molecule has 0 radical (unpaired) electrons. The van der Waals surface area contributed by atoms with E-state index in [1.165, 1.54) is 13.2 Å². The number of benzene rings is 1. The summed E-state index contributed by atoms with van der Waals surface area (Å²) < 4.78 is 5.08. The lowest BCUT2D eigenvalue weighted by Crippen LogP contribution is -2.44. The molecule has 2 atom stereocenters. The highest BCUT2D eigenvalue weighted by Gasteiger charge is 2.26. The maximum Gasteiger partial charge on any atom is 0.315 e. The van der Waals surface area contributed by atoms with Crippen LogP contribution in [0.1, 0.15) is 24.3 Å². The number of carboxylic acid groups (broad SMARTS) is 1. The Bertz CT molecular complexity index is 731. The molecule has 138 valence electrons. The number of carbonyl (C=O) groups is 3. The second-order valence-corrected chi connectivity index (χ2v) is 5.70. The maximum atomic E-state index is 12.1. The van der Waals surface area contributed by atoms with Gasteiger partial charge in [0, 0.05) is 0 Å². The van der Waals surface area contributed by atoms with E-state index in [-0.39, 0.29) is 13.1 Å². The quantitative estimate of drug-likeness (QED) is 0.571. The van der Waals surface area contributed by atoms with Crippen molar-refractivity contribution in [3.63, 3.8) is 0 Å². The summed E-state index contributed by atoms with van der Waals surface area (Å²) in [5, 5.41) is 16.9. The molecular formula is C18H21N3O5. The first kappa shape index (κ1) is 19.0. The molecule has 3 amide bonds. The van der Waals surface area contributed by atoms with Gasteiger partial charge in [0.1, 0.15) is 5.76 Å². The number of carboxylic acids is 1. The summed E-state index contributed by atoms with van der Waals surface area (Å²) in [6.45, 7) is 1.44. The number of aliphatic carboxylic acids is 1. The standard InChI is InChI=1S/C18H21N3O5/c1-12(17(23)24)16(13-6-3-2-4-7-13)21-15(22)11-20-18(25)19-10-14-8-5-9-26-14/h2-9,12,16H,10-11H2,1H3,(H,21,22)(H,23,24)(H2,19,20,25). The smallest absolute Gasteiger partial charge is 0.315 e. The molecule has 0 aliphatic rings. The van der Waals surface area contributed by atoms with E-state index in [1.54, 1.807) is 42.5 Å². The fourth-order valence-corrected chi connectivity index (χ4v) is 2.33. The molecule has 1 heterocycles. The molecule has 0 aliphatic carbocycles. The predicted octanol–water partition coefficient (Wildman–Crippen LogP) is 1.66. The third-order valence-electron chi connectivity index (χ3n) is 3.78. The fourth-order valence-electron chi connectivity index (χ4n) is 2.33. The summed E-state index contributed by atoms with van der Waals surface area (Å²) in [5.41, 5.74) is 0.679. The second kappa shape index (κ2) is 9.26. The first-order valence-electron chi connectivity index (χ1n) is 8.08. The highest BCUT2D eigenvalue weighted by molar-refractivity contribution is 5.84. The number of nitrogens with one attached hydrogen (secondary N) is 3. The van der Waals surface area contributed by atoms with Crippen molar-refractivity contribution in [2.45, 2.75) is 19.5 Å². The summed E-state index contributed by atoms with van der Waals surface area (Å²) >= 11 is 0. The Morgan fingerprint density at radius 1 is 1.08 bits per heavy atom. The molecule has 26 heavy (non-hydrogen) atoms. The number of hydrogen-bond acceptors (Lipinski definition) is 4. The van der Waals surface area contributed by atoms with E-state index in [9.17, 15) is 19.5 Å². The van der Waals surface area contributed by atoms with Gasteiger partial charge in [-0.15, -0.1) is 0 Å². The molecule has 0 saturated carbocycles. The van der Waals surface area contributed by atoms with Crippen LogP contribution in [0.4, 0.5) is 4.79 Å². The van der Waals surface area contributed by atoms with Crippen molar-refractivity contribution in [2.24, 2.45) is 5.92 Å². The van der Waals surface area contributed by atoms with Gasteiger partial charge in [-0.2, -0.15) is 0 Å². The Labute approximate surface area is 150 Å². The zero-order chi connectivity index (χ0) is 18.9. The molecule has 0 fully saturated rings. The number of furan rings is 1. The highest BCUT2D eigenvalue weighted by Crippen LogP contribution is 2.21. The molecule has 8 heteroatoms. The number of urea groups is 1. The van der Waals surface area contributed by atoms with Crippen molar-refractivity contribution in [3.8, 4) is 0 Å². The zero-order valence-electron chi connectivity index (χ0n) is 14.3. The van der Waals surface area contributed by atoms with Gasteiger partial charge in [-0.3, -0.25) is 9.59 Å². The van der Waals surface area contributed by atoms with Crippen molar-refractivity contribution >= 4 is 17.9 Å². The van der Waals surface area contributed by atoms with Crippen molar-refractivity contribution in [1.29, 1.82) is 0 Å². The minimum absolute atomic E-state index is 0.198. The molecule has 4 N–H and O–H groups in total. The number of rotatable bonds is 8. The normalized spacial score (nSPS) is 12.7. The number of hydrogen-bond donors (Lipinski definition) is 4. The Morgan fingerprint density at radius 3 is 2.42 bits per heavy atom. The molecule has 2 aromatic rings. The van der Waals surface area contributed by atoms with Crippen LogP contribution in [0.5, 0.6) is 0 Å². The summed E-state index contributed by atoms with van der Waals surface area (Å²) in [5.74, 6) is -1.75. The van der Waals surface area contributed by atoms with Crippen molar-refractivity contribution < 1.29 is 23.9 Å². The van der Waals surface area contributed by atoms with Crippen LogP contribution in [0.3, 0.4) is 0 Å². The molecule has 0 aliphatic heterocycles. The van der Waals surface area contributed by atoms with Gasteiger partial charge in [0.05, 0.1) is 31.3 Å². The lowest BCUT2D eigenvalue weighted by molar-refractivity contribution is -0.142. The maximum absolute atomic E-state index is 12.1. The van der Waals surface area contributed by atoms with E-state index in [0.717, 1.165) is 0 Å². The summed E-state index contributed by atoms with van der Waals surface area (Å²) in [6.07, 6.45) is 1.50. The molecule has 1 aromatic heterocycles. The lowest BCUT2D eigenvalue weighted by atomic mass is 9.94. The van der Waals surface area contributed by atoms with Crippen LogP contribution in [-0.2, 0) is 16.1 Å². The minimum atomic E-state index is -1.02. The molecule has 2 rings (SSSR count). The molecule has 8 nitrogen and oxygen atoms in total. The van der Waals surface area contributed by atoms with Crippen LogP contribution in [-0.4, -0.2) is 29.6 Å². The van der Waals surface area contributed by atoms with E-state index in [0.29, 0.717) is 11.3 Å². The number of amides is 3. The van der Waals surface area contributed by atoms with Gasteiger partial charge in [-0.1, -0.05) is 30.3 Å². The first-order chi connectivity index (χ1) is 12.5. The van der Waals surface area contributed by atoms with Crippen LogP contribution < -0.4 is 16.0 Å².